The number of piperazine rings is 1. The molecule has 1 saturated heterocycles. The number of halogens is 1. The van der Waals surface area contributed by atoms with Crippen molar-refractivity contribution < 1.29 is 13.9 Å². The van der Waals surface area contributed by atoms with Crippen LogP contribution in [-0.4, -0.2) is 39.3 Å². The molecule has 188 valence electrons. The van der Waals surface area contributed by atoms with Gasteiger partial charge in [0.2, 0.25) is 0 Å². The van der Waals surface area contributed by atoms with Crippen molar-refractivity contribution in [1.29, 1.82) is 0 Å². The lowest BCUT2D eigenvalue weighted by atomic mass is 9.72. The van der Waals surface area contributed by atoms with Crippen molar-refractivity contribution in [3.8, 4) is 0 Å². The number of nitrogens with zero attached hydrogens (tertiary/aromatic N) is 2. The van der Waals surface area contributed by atoms with Crippen LogP contribution < -0.4 is 15.1 Å². The smallest absolute Gasteiger partial charge is 0.340 e. The van der Waals surface area contributed by atoms with Crippen molar-refractivity contribution in [2.45, 2.75) is 33.2 Å². The van der Waals surface area contributed by atoms with E-state index in [1.807, 2.05) is 0 Å². The maximum Gasteiger partial charge on any atom is 0.340 e. The predicted molar refractivity (Wildman–Crippen MR) is 144 cm³/mol. The van der Waals surface area contributed by atoms with Gasteiger partial charge in [0.1, 0.15) is 5.82 Å². The largest absolute Gasteiger partial charge is 0.465 e. The van der Waals surface area contributed by atoms with Crippen LogP contribution in [0.2, 0.25) is 0 Å². The Morgan fingerprint density at radius 2 is 1.72 bits per heavy atom. The molecular weight excluding hydrogens is 453 g/mol. The SMILES string of the molecule is COC(=O)c1cc(F)cc2c1NC(c1cccc(N3CCN(c4ccccc4C)CC3)c1)C(C)(C)C2. The third-order valence-corrected chi connectivity index (χ3v) is 7.61. The highest BCUT2D eigenvalue weighted by atomic mass is 19.1. The summed E-state index contributed by atoms with van der Waals surface area (Å²) in [5, 5.41) is 3.59. The van der Waals surface area contributed by atoms with E-state index < -0.39 is 11.8 Å². The number of hydrogen-bond donors (Lipinski definition) is 1. The first-order chi connectivity index (χ1) is 17.3. The third-order valence-electron chi connectivity index (χ3n) is 7.61. The summed E-state index contributed by atoms with van der Waals surface area (Å²) >= 11 is 0. The lowest BCUT2D eigenvalue weighted by molar-refractivity contribution is 0.0600. The lowest BCUT2D eigenvalue weighted by Crippen LogP contribution is -2.46. The van der Waals surface area contributed by atoms with Gasteiger partial charge < -0.3 is 19.9 Å². The molecule has 1 fully saturated rings. The summed E-state index contributed by atoms with van der Waals surface area (Å²) in [5.41, 5.74) is 6.52. The third kappa shape index (κ3) is 4.52. The number of rotatable bonds is 4. The first kappa shape index (κ1) is 24.2. The van der Waals surface area contributed by atoms with Crippen LogP contribution >= 0.6 is 0 Å². The molecule has 36 heavy (non-hydrogen) atoms. The van der Waals surface area contributed by atoms with E-state index in [-0.39, 0.29) is 17.0 Å². The molecule has 2 heterocycles. The van der Waals surface area contributed by atoms with E-state index in [0.29, 0.717) is 12.1 Å². The fraction of sp³-hybridized carbons (Fsp3) is 0.367. The molecule has 0 bridgehead atoms. The predicted octanol–water partition coefficient (Wildman–Crippen LogP) is 5.98. The Labute approximate surface area is 212 Å². The second kappa shape index (κ2) is 9.49. The van der Waals surface area contributed by atoms with E-state index in [9.17, 15) is 9.18 Å². The number of aryl methyl sites for hydroxylation is 1. The highest BCUT2D eigenvalue weighted by Crippen LogP contribution is 2.46. The minimum absolute atomic E-state index is 0.0351. The summed E-state index contributed by atoms with van der Waals surface area (Å²) < 4.78 is 19.2. The molecule has 1 atom stereocenters. The number of carbonyl (C=O) groups excluding carboxylic acids is 1. The van der Waals surface area contributed by atoms with Crippen LogP contribution in [0.5, 0.6) is 0 Å². The number of esters is 1. The van der Waals surface area contributed by atoms with Gasteiger partial charge in [0.15, 0.2) is 0 Å². The average molecular weight is 488 g/mol. The molecule has 0 aliphatic carbocycles. The van der Waals surface area contributed by atoms with Crippen molar-refractivity contribution in [2.24, 2.45) is 5.41 Å². The molecule has 5 nitrogen and oxygen atoms in total. The number of para-hydroxylation sites is 1. The number of fused-ring (bicyclic) bond motifs is 1. The first-order valence-corrected chi connectivity index (χ1v) is 12.6. The Kier molecular flexibility index (Phi) is 6.37. The first-order valence-electron chi connectivity index (χ1n) is 12.6. The fourth-order valence-corrected chi connectivity index (χ4v) is 5.74. The van der Waals surface area contributed by atoms with Crippen LogP contribution in [0.3, 0.4) is 0 Å². The van der Waals surface area contributed by atoms with Gasteiger partial charge in [-0.15, -0.1) is 0 Å². The molecule has 2 aliphatic heterocycles. The quantitative estimate of drug-likeness (QED) is 0.459. The zero-order valence-electron chi connectivity index (χ0n) is 21.5. The van der Waals surface area contributed by atoms with Crippen molar-refractivity contribution in [3.05, 3.63) is 88.7 Å². The Morgan fingerprint density at radius 1 is 1.00 bits per heavy atom. The molecule has 6 heteroatoms. The van der Waals surface area contributed by atoms with E-state index in [2.05, 4.69) is 84.4 Å². The van der Waals surface area contributed by atoms with Crippen LogP contribution in [0.4, 0.5) is 21.5 Å². The second-order valence-corrected chi connectivity index (χ2v) is 10.6. The second-order valence-electron chi connectivity index (χ2n) is 10.6. The molecule has 1 N–H and O–H groups in total. The Morgan fingerprint density at radius 3 is 2.44 bits per heavy atom. The Hall–Kier alpha value is -3.54. The van der Waals surface area contributed by atoms with Gasteiger partial charge in [0, 0.05) is 37.6 Å². The molecule has 0 amide bonds. The number of nitrogens with one attached hydrogen (secondary N) is 1. The standard InChI is InChI=1S/C30H34FN3O2/c1-20-8-5-6-11-26(20)34-14-12-33(13-15-34)24-10-7-9-21(17-24)28-30(2,3)19-22-16-23(31)18-25(27(22)32-28)29(35)36-4/h5-11,16-18,28,32H,12-15,19H2,1-4H3. The van der Waals surface area contributed by atoms with Gasteiger partial charge in [0.25, 0.3) is 0 Å². The zero-order valence-corrected chi connectivity index (χ0v) is 21.5. The Balaban J connectivity index is 1.39. The minimum Gasteiger partial charge on any atom is -0.465 e. The molecule has 0 aromatic heterocycles. The van der Waals surface area contributed by atoms with E-state index in [0.717, 1.165) is 37.3 Å². The van der Waals surface area contributed by atoms with Crippen molar-refractivity contribution in [1.82, 2.24) is 0 Å². The summed E-state index contributed by atoms with van der Waals surface area (Å²) in [6.45, 7) is 10.4. The van der Waals surface area contributed by atoms with Crippen molar-refractivity contribution >= 4 is 23.0 Å². The van der Waals surface area contributed by atoms with Gasteiger partial charge in [-0.3, -0.25) is 0 Å². The van der Waals surface area contributed by atoms with Crippen LogP contribution in [0.25, 0.3) is 0 Å². The normalized spacial score (nSPS) is 18.9. The molecule has 0 radical (unpaired) electrons. The highest BCUT2D eigenvalue weighted by Gasteiger charge is 2.38. The van der Waals surface area contributed by atoms with Gasteiger partial charge in [-0.05, 0) is 65.8 Å². The van der Waals surface area contributed by atoms with Crippen LogP contribution in [0.15, 0.2) is 60.7 Å². The number of benzene rings is 3. The summed E-state index contributed by atoms with van der Waals surface area (Å²) in [6.07, 6.45) is 0.654. The molecule has 3 aromatic carbocycles. The number of hydrogen-bond acceptors (Lipinski definition) is 5. The molecule has 0 saturated carbocycles. The maximum absolute atomic E-state index is 14.3. The molecule has 0 spiro atoms. The van der Waals surface area contributed by atoms with Gasteiger partial charge in [-0.1, -0.05) is 44.2 Å². The van der Waals surface area contributed by atoms with Crippen LogP contribution in [0.1, 0.15) is 46.9 Å². The molecule has 5 rings (SSSR count). The van der Waals surface area contributed by atoms with Gasteiger partial charge in [0.05, 0.1) is 24.4 Å². The molecular formula is C30H34FN3O2. The summed E-state index contributed by atoms with van der Waals surface area (Å²) in [6, 6.07) is 20.0. The highest BCUT2D eigenvalue weighted by molar-refractivity contribution is 5.97. The molecule has 3 aromatic rings. The van der Waals surface area contributed by atoms with Crippen LogP contribution in [0, 0.1) is 18.2 Å². The number of ether oxygens (including phenoxy) is 1. The number of anilines is 3. The topological polar surface area (TPSA) is 44.8 Å². The summed E-state index contributed by atoms with van der Waals surface area (Å²) in [5.74, 6) is -0.950. The average Bonchev–Trinajstić information content (AvgIpc) is 2.87. The van der Waals surface area contributed by atoms with E-state index in [1.165, 1.54) is 36.2 Å². The van der Waals surface area contributed by atoms with Crippen molar-refractivity contribution in [3.63, 3.8) is 0 Å². The van der Waals surface area contributed by atoms with Crippen LogP contribution in [-0.2, 0) is 11.2 Å². The fourth-order valence-electron chi connectivity index (χ4n) is 5.74. The van der Waals surface area contributed by atoms with Gasteiger partial charge in [-0.25, -0.2) is 9.18 Å². The molecule has 2 aliphatic rings. The monoisotopic (exact) mass is 487 g/mol. The Bertz CT molecular complexity index is 1280. The summed E-state index contributed by atoms with van der Waals surface area (Å²) in [4.78, 5) is 17.3. The van der Waals surface area contributed by atoms with E-state index in [1.54, 1.807) is 0 Å². The number of methoxy groups -OCH3 is 1. The van der Waals surface area contributed by atoms with E-state index in [4.69, 9.17) is 4.74 Å². The summed E-state index contributed by atoms with van der Waals surface area (Å²) in [7, 11) is 1.33. The van der Waals surface area contributed by atoms with Gasteiger partial charge in [-0.2, -0.15) is 0 Å². The zero-order chi connectivity index (χ0) is 25.4. The maximum atomic E-state index is 14.3. The number of carbonyl (C=O) groups is 1. The molecule has 1 unspecified atom stereocenters. The van der Waals surface area contributed by atoms with Crippen molar-refractivity contribution in [2.75, 3.05) is 48.4 Å². The van der Waals surface area contributed by atoms with Gasteiger partial charge >= 0.3 is 5.97 Å². The minimum atomic E-state index is -0.531. The van der Waals surface area contributed by atoms with E-state index >= 15 is 0 Å². The lowest BCUT2D eigenvalue weighted by Gasteiger charge is -2.42.